The summed E-state index contributed by atoms with van der Waals surface area (Å²) in [5.74, 6) is 1.52. The Bertz CT molecular complexity index is 365. The molecule has 0 aliphatic carbocycles. The molecule has 2 atom stereocenters. The monoisotopic (exact) mass is 221 g/mol. The van der Waals surface area contributed by atoms with Crippen LogP contribution in [0.1, 0.15) is 31.9 Å². The number of hydrogen-bond donors (Lipinski definition) is 2. The second-order valence-corrected chi connectivity index (χ2v) is 4.46. The van der Waals surface area contributed by atoms with Gasteiger partial charge >= 0.3 is 0 Å². The molecule has 1 saturated heterocycles. The molecule has 3 heteroatoms. The molecular weight excluding hydrogens is 202 g/mol. The van der Waals surface area contributed by atoms with Gasteiger partial charge in [0.1, 0.15) is 0 Å². The lowest BCUT2D eigenvalue weighted by atomic mass is 10.0. The number of hydrogen-bond acceptors (Lipinski definition) is 3. The van der Waals surface area contributed by atoms with Gasteiger partial charge in [0.15, 0.2) is 11.5 Å². The molecule has 2 rings (SSSR count). The second-order valence-electron chi connectivity index (χ2n) is 4.46. The van der Waals surface area contributed by atoms with Crippen LogP contribution in [0.4, 0.5) is 0 Å². The number of phenols is 1. The van der Waals surface area contributed by atoms with Crippen LogP contribution in [0.15, 0.2) is 18.2 Å². The number of benzene rings is 1. The normalized spacial score (nSPS) is 24.6. The summed E-state index contributed by atoms with van der Waals surface area (Å²) in [5, 5.41) is 13.1. The van der Waals surface area contributed by atoms with Gasteiger partial charge in [0, 0.05) is 6.04 Å². The van der Waals surface area contributed by atoms with Gasteiger partial charge in [-0.1, -0.05) is 13.0 Å². The standard InChI is InChI=1S/C13H19NO2/c1-3-16-13-7-10(4-5-12(13)15)11-6-9(2)8-14-11/h4-5,7,9,11,14-15H,3,6,8H2,1-2H3. The number of nitrogens with one attached hydrogen (secondary N) is 1. The largest absolute Gasteiger partial charge is 0.504 e. The second kappa shape index (κ2) is 4.74. The fourth-order valence-electron chi connectivity index (χ4n) is 2.18. The summed E-state index contributed by atoms with van der Waals surface area (Å²) in [7, 11) is 0. The highest BCUT2D eigenvalue weighted by Crippen LogP contribution is 2.33. The molecule has 0 bridgehead atoms. The van der Waals surface area contributed by atoms with Crippen molar-refractivity contribution < 1.29 is 9.84 Å². The van der Waals surface area contributed by atoms with Crippen LogP contribution in [0.3, 0.4) is 0 Å². The molecule has 0 aromatic heterocycles. The molecule has 0 spiro atoms. The van der Waals surface area contributed by atoms with Crippen molar-refractivity contribution in [1.82, 2.24) is 5.32 Å². The van der Waals surface area contributed by atoms with Crippen molar-refractivity contribution in [2.24, 2.45) is 5.92 Å². The highest BCUT2D eigenvalue weighted by molar-refractivity contribution is 5.43. The SMILES string of the molecule is CCOc1cc(C2CC(C)CN2)ccc1O. The van der Waals surface area contributed by atoms with Crippen LogP contribution < -0.4 is 10.1 Å². The van der Waals surface area contributed by atoms with E-state index in [2.05, 4.69) is 12.2 Å². The fourth-order valence-corrected chi connectivity index (χ4v) is 2.18. The molecule has 1 aromatic rings. The van der Waals surface area contributed by atoms with Gasteiger partial charge in [0.2, 0.25) is 0 Å². The van der Waals surface area contributed by atoms with Crippen LogP contribution in [0.25, 0.3) is 0 Å². The maximum Gasteiger partial charge on any atom is 0.161 e. The summed E-state index contributed by atoms with van der Waals surface area (Å²) in [6.45, 7) is 5.81. The number of ether oxygens (including phenoxy) is 1. The molecule has 16 heavy (non-hydrogen) atoms. The first kappa shape index (κ1) is 11.3. The minimum atomic E-state index is 0.219. The van der Waals surface area contributed by atoms with Crippen molar-refractivity contribution in [1.29, 1.82) is 0 Å². The molecule has 1 heterocycles. The van der Waals surface area contributed by atoms with Crippen molar-refractivity contribution in [2.45, 2.75) is 26.3 Å². The number of aromatic hydroxyl groups is 1. The van der Waals surface area contributed by atoms with Gasteiger partial charge in [-0.3, -0.25) is 0 Å². The summed E-state index contributed by atoms with van der Waals surface area (Å²) in [6, 6.07) is 6.02. The van der Waals surface area contributed by atoms with E-state index in [4.69, 9.17) is 4.74 Å². The van der Waals surface area contributed by atoms with E-state index < -0.39 is 0 Å². The number of rotatable bonds is 3. The van der Waals surface area contributed by atoms with E-state index in [1.807, 2.05) is 19.1 Å². The zero-order valence-corrected chi connectivity index (χ0v) is 9.86. The Morgan fingerprint density at radius 1 is 1.50 bits per heavy atom. The van der Waals surface area contributed by atoms with E-state index >= 15 is 0 Å². The number of phenolic OH excluding ortho intramolecular Hbond substituents is 1. The average molecular weight is 221 g/mol. The third kappa shape index (κ3) is 2.30. The molecule has 0 amide bonds. The van der Waals surface area contributed by atoms with E-state index in [-0.39, 0.29) is 5.75 Å². The Morgan fingerprint density at radius 2 is 2.31 bits per heavy atom. The smallest absolute Gasteiger partial charge is 0.161 e. The lowest BCUT2D eigenvalue weighted by Gasteiger charge is -2.13. The average Bonchev–Trinajstić information content (AvgIpc) is 2.69. The molecule has 2 unspecified atom stereocenters. The predicted octanol–water partition coefficient (Wildman–Crippen LogP) is 2.46. The van der Waals surface area contributed by atoms with Gasteiger partial charge in [-0.15, -0.1) is 0 Å². The maximum atomic E-state index is 9.62. The van der Waals surface area contributed by atoms with Crippen LogP contribution in [-0.4, -0.2) is 18.3 Å². The van der Waals surface area contributed by atoms with Gasteiger partial charge in [-0.2, -0.15) is 0 Å². The van der Waals surface area contributed by atoms with E-state index in [1.54, 1.807) is 6.07 Å². The Kier molecular flexibility index (Phi) is 3.34. The van der Waals surface area contributed by atoms with E-state index in [0.717, 1.165) is 13.0 Å². The Labute approximate surface area is 96.4 Å². The van der Waals surface area contributed by atoms with Crippen LogP contribution in [0, 0.1) is 5.92 Å². The third-order valence-electron chi connectivity index (χ3n) is 3.04. The topological polar surface area (TPSA) is 41.5 Å². The van der Waals surface area contributed by atoms with Crippen LogP contribution in [0.2, 0.25) is 0 Å². The molecule has 1 aromatic carbocycles. The zero-order valence-electron chi connectivity index (χ0n) is 9.86. The quantitative estimate of drug-likeness (QED) is 0.823. The highest BCUT2D eigenvalue weighted by Gasteiger charge is 2.22. The lowest BCUT2D eigenvalue weighted by molar-refractivity contribution is 0.317. The summed E-state index contributed by atoms with van der Waals surface area (Å²) in [4.78, 5) is 0. The van der Waals surface area contributed by atoms with E-state index in [0.29, 0.717) is 24.3 Å². The minimum absolute atomic E-state index is 0.219. The first-order valence-electron chi connectivity index (χ1n) is 5.89. The first-order valence-corrected chi connectivity index (χ1v) is 5.89. The van der Waals surface area contributed by atoms with E-state index in [1.165, 1.54) is 5.56 Å². The van der Waals surface area contributed by atoms with Gasteiger partial charge in [-0.05, 0) is 43.5 Å². The van der Waals surface area contributed by atoms with Crippen LogP contribution in [0.5, 0.6) is 11.5 Å². The molecule has 2 N–H and O–H groups in total. The summed E-state index contributed by atoms with van der Waals surface area (Å²) in [5.41, 5.74) is 1.20. The van der Waals surface area contributed by atoms with Crippen molar-refractivity contribution >= 4 is 0 Å². The summed E-state index contributed by atoms with van der Waals surface area (Å²) in [6.07, 6.45) is 1.15. The fraction of sp³-hybridized carbons (Fsp3) is 0.538. The molecule has 1 fully saturated rings. The Hall–Kier alpha value is -1.22. The maximum absolute atomic E-state index is 9.62. The van der Waals surface area contributed by atoms with Crippen LogP contribution >= 0.6 is 0 Å². The molecule has 1 aliphatic heterocycles. The molecule has 3 nitrogen and oxygen atoms in total. The van der Waals surface area contributed by atoms with Gasteiger partial charge < -0.3 is 15.2 Å². The Morgan fingerprint density at radius 3 is 2.94 bits per heavy atom. The molecular formula is C13H19NO2. The molecule has 1 aliphatic rings. The molecule has 0 saturated carbocycles. The van der Waals surface area contributed by atoms with Gasteiger partial charge in [0.25, 0.3) is 0 Å². The van der Waals surface area contributed by atoms with Crippen molar-refractivity contribution in [3.05, 3.63) is 23.8 Å². The zero-order chi connectivity index (χ0) is 11.5. The van der Waals surface area contributed by atoms with Gasteiger partial charge in [-0.25, -0.2) is 0 Å². The van der Waals surface area contributed by atoms with Crippen molar-refractivity contribution in [3.63, 3.8) is 0 Å². The van der Waals surface area contributed by atoms with Crippen molar-refractivity contribution in [3.8, 4) is 11.5 Å². The van der Waals surface area contributed by atoms with Crippen LogP contribution in [-0.2, 0) is 0 Å². The third-order valence-corrected chi connectivity index (χ3v) is 3.04. The molecule has 88 valence electrons. The Balaban J connectivity index is 2.18. The summed E-state index contributed by atoms with van der Waals surface area (Å²) < 4.78 is 5.39. The minimum Gasteiger partial charge on any atom is -0.504 e. The van der Waals surface area contributed by atoms with Crippen molar-refractivity contribution in [2.75, 3.05) is 13.2 Å². The van der Waals surface area contributed by atoms with Gasteiger partial charge in [0.05, 0.1) is 6.61 Å². The highest BCUT2D eigenvalue weighted by atomic mass is 16.5. The first-order chi connectivity index (χ1) is 7.70. The van der Waals surface area contributed by atoms with E-state index in [9.17, 15) is 5.11 Å². The lowest BCUT2D eigenvalue weighted by Crippen LogP contribution is -2.13. The molecule has 0 radical (unpaired) electrons. The summed E-state index contributed by atoms with van der Waals surface area (Å²) >= 11 is 0. The predicted molar refractivity (Wildman–Crippen MR) is 63.8 cm³/mol.